The number of rotatable bonds is 7. The Labute approximate surface area is 119 Å². The summed E-state index contributed by atoms with van der Waals surface area (Å²) in [6.45, 7) is -1.61. The highest BCUT2D eigenvalue weighted by atomic mass is 19.4. The van der Waals surface area contributed by atoms with Crippen LogP contribution in [0.4, 0.5) is 13.2 Å². The van der Waals surface area contributed by atoms with Crippen molar-refractivity contribution in [3.8, 4) is 0 Å². The molecule has 0 unspecified atom stereocenters. The summed E-state index contributed by atoms with van der Waals surface area (Å²) < 4.78 is 39.3. The molecule has 0 bridgehead atoms. The van der Waals surface area contributed by atoms with Crippen molar-refractivity contribution in [2.75, 3.05) is 13.2 Å². The van der Waals surface area contributed by atoms with Gasteiger partial charge in [0.25, 0.3) is 5.91 Å². The maximum absolute atomic E-state index is 11.8. The van der Waals surface area contributed by atoms with Gasteiger partial charge >= 0.3 is 12.1 Å². The van der Waals surface area contributed by atoms with Crippen LogP contribution < -0.4 is 5.48 Å². The minimum atomic E-state index is -4.53. The number of hydroxylamine groups is 1. The van der Waals surface area contributed by atoms with Gasteiger partial charge in [-0.15, -0.1) is 0 Å². The number of carbonyl (C=O) groups is 2. The summed E-state index contributed by atoms with van der Waals surface area (Å²) in [5.41, 5.74) is 2.56. The molecule has 1 aromatic rings. The molecular formula is C13H14F3NO4. The highest BCUT2D eigenvalue weighted by molar-refractivity contribution is 5.93. The summed E-state index contributed by atoms with van der Waals surface area (Å²) in [7, 11) is 0. The molecule has 0 heterocycles. The van der Waals surface area contributed by atoms with Gasteiger partial charge < -0.3 is 4.74 Å². The number of halogens is 3. The van der Waals surface area contributed by atoms with Crippen LogP contribution in [-0.2, 0) is 14.4 Å². The Morgan fingerprint density at radius 3 is 2.43 bits per heavy atom. The number of alkyl halides is 3. The van der Waals surface area contributed by atoms with Crippen molar-refractivity contribution < 1.29 is 32.3 Å². The van der Waals surface area contributed by atoms with E-state index in [1.165, 1.54) is 0 Å². The van der Waals surface area contributed by atoms with Crippen molar-refractivity contribution in [1.82, 2.24) is 5.48 Å². The monoisotopic (exact) mass is 305 g/mol. The molecule has 5 nitrogen and oxygen atoms in total. The number of amides is 1. The van der Waals surface area contributed by atoms with Gasteiger partial charge in [-0.2, -0.15) is 13.2 Å². The first-order valence-corrected chi connectivity index (χ1v) is 6.08. The molecule has 0 spiro atoms. The maximum Gasteiger partial charge on any atom is 0.422 e. The minimum Gasteiger partial charge on any atom is -0.456 e. The van der Waals surface area contributed by atoms with E-state index < -0.39 is 24.7 Å². The van der Waals surface area contributed by atoms with Gasteiger partial charge in [0.05, 0.1) is 6.61 Å². The second-order valence-electron chi connectivity index (χ2n) is 4.03. The lowest BCUT2D eigenvalue weighted by atomic mass is 10.2. The fraction of sp³-hybridized carbons (Fsp3) is 0.385. The number of hydrogen-bond acceptors (Lipinski definition) is 4. The second kappa shape index (κ2) is 8.25. The lowest BCUT2D eigenvalue weighted by Gasteiger charge is -2.08. The molecule has 0 aliphatic rings. The predicted octanol–water partition coefficient (Wildman–Crippen LogP) is 2.23. The number of carbonyl (C=O) groups excluding carboxylic acids is 2. The molecule has 1 amide bonds. The van der Waals surface area contributed by atoms with Crippen molar-refractivity contribution in [2.24, 2.45) is 0 Å². The highest BCUT2D eigenvalue weighted by Gasteiger charge is 2.29. The molecule has 1 aromatic carbocycles. The zero-order chi connectivity index (χ0) is 15.7. The highest BCUT2D eigenvalue weighted by Crippen LogP contribution is 2.14. The number of esters is 1. The Balaban J connectivity index is 2.09. The van der Waals surface area contributed by atoms with Gasteiger partial charge in [-0.1, -0.05) is 18.2 Å². The van der Waals surface area contributed by atoms with Gasteiger partial charge in [-0.3, -0.25) is 14.4 Å². The molecule has 8 heteroatoms. The number of hydrogen-bond donors (Lipinski definition) is 1. The van der Waals surface area contributed by atoms with E-state index in [0.29, 0.717) is 5.56 Å². The predicted molar refractivity (Wildman–Crippen MR) is 66.1 cm³/mol. The first-order chi connectivity index (χ1) is 9.88. The molecular weight excluding hydrogens is 291 g/mol. The smallest absolute Gasteiger partial charge is 0.422 e. The lowest BCUT2D eigenvalue weighted by Crippen LogP contribution is -2.24. The zero-order valence-electron chi connectivity index (χ0n) is 11.0. The van der Waals surface area contributed by atoms with Crippen LogP contribution in [0.2, 0.25) is 0 Å². The van der Waals surface area contributed by atoms with Crippen LogP contribution in [-0.4, -0.2) is 31.3 Å². The van der Waals surface area contributed by atoms with E-state index in [4.69, 9.17) is 4.84 Å². The van der Waals surface area contributed by atoms with E-state index in [1.807, 2.05) is 0 Å². The molecule has 21 heavy (non-hydrogen) atoms. The Morgan fingerprint density at radius 2 is 1.81 bits per heavy atom. The Hall–Kier alpha value is -2.09. The summed E-state index contributed by atoms with van der Waals surface area (Å²) in [4.78, 5) is 27.3. The lowest BCUT2D eigenvalue weighted by molar-refractivity contribution is -0.186. The van der Waals surface area contributed by atoms with E-state index in [0.717, 1.165) is 0 Å². The molecule has 0 radical (unpaired) electrons. The third-order valence-corrected chi connectivity index (χ3v) is 2.22. The van der Waals surface area contributed by atoms with Crippen LogP contribution in [0.15, 0.2) is 30.3 Å². The van der Waals surface area contributed by atoms with Crippen LogP contribution in [0, 0.1) is 0 Å². The second-order valence-corrected chi connectivity index (χ2v) is 4.03. The molecule has 1 N–H and O–H groups in total. The molecule has 1 rings (SSSR count). The molecule has 116 valence electrons. The molecule has 0 saturated heterocycles. The SMILES string of the molecule is O=C(CCCONC(=O)c1ccccc1)OCC(F)(F)F. The van der Waals surface area contributed by atoms with Crippen molar-refractivity contribution in [3.63, 3.8) is 0 Å². The van der Waals surface area contributed by atoms with Crippen molar-refractivity contribution in [1.29, 1.82) is 0 Å². The normalized spacial score (nSPS) is 11.0. The number of ether oxygens (including phenoxy) is 1. The third-order valence-electron chi connectivity index (χ3n) is 2.22. The third kappa shape index (κ3) is 7.93. The summed E-state index contributed by atoms with van der Waals surface area (Å²) in [6.07, 6.45) is -4.63. The average molecular weight is 305 g/mol. The van der Waals surface area contributed by atoms with Crippen molar-refractivity contribution in [3.05, 3.63) is 35.9 Å². The fourth-order valence-electron chi connectivity index (χ4n) is 1.29. The molecule has 0 atom stereocenters. The quantitative estimate of drug-likeness (QED) is 0.477. The van der Waals surface area contributed by atoms with Gasteiger partial charge in [0.2, 0.25) is 0 Å². The summed E-state index contributed by atoms with van der Waals surface area (Å²) in [5.74, 6) is -1.42. The Bertz CT molecular complexity index is 462. The van der Waals surface area contributed by atoms with E-state index in [2.05, 4.69) is 10.2 Å². The summed E-state index contributed by atoms with van der Waals surface area (Å²) >= 11 is 0. The van der Waals surface area contributed by atoms with E-state index in [9.17, 15) is 22.8 Å². The maximum atomic E-state index is 11.8. The van der Waals surface area contributed by atoms with E-state index >= 15 is 0 Å². The zero-order valence-corrected chi connectivity index (χ0v) is 11.0. The minimum absolute atomic E-state index is 0.0142. The number of nitrogens with one attached hydrogen (secondary N) is 1. The van der Waals surface area contributed by atoms with Crippen LogP contribution in [0.3, 0.4) is 0 Å². The van der Waals surface area contributed by atoms with Gasteiger partial charge in [-0.25, -0.2) is 5.48 Å². The van der Waals surface area contributed by atoms with Gasteiger partial charge in [0.15, 0.2) is 6.61 Å². The van der Waals surface area contributed by atoms with Crippen LogP contribution in [0.5, 0.6) is 0 Å². The van der Waals surface area contributed by atoms with E-state index in [1.54, 1.807) is 30.3 Å². The Kier molecular flexibility index (Phi) is 6.67. The average Bonchev–Trinajstić information content (AvgIpc) is 2.44. The van der Waals surface area contributed by atoms with Crippen LogP contribution in [0.25, 0.3) is 0 Å². The van der Waals surface area contributed by atoms with Crippen LogP contribution >= 0.6 is 0 Å². The van der Waals surface area contributed by atoms with Crippen molar-refractivity contribution in [2.45, 2.75) is 19.0 Å². The molecule has 0 aliphatic carbocycles. The first kappa shape index (κ1) is 17.0. The standard InChI is InChI=1S/C13H14F3NO4/c14-13(15,16)9-20-11(18)7-4-8-21-17-12(19)10-5-2-1-3-6-10/h1-3,5-6H,4,7-9H2,(H,17,19). The van der Waals surface area contributed by atoms with Crippen molar-refractivity contribution >= 4 is 11.9 Å². The fourth-order valence-corrected chi connectivity index (χ4v) is 1.29. The van der Waals surface area contributed by atoms with Gasteiger partial charge in [0.1, 0.15) is 0 Å². The summed E-state index contributed by atoms with van der Waals surface area (Å²) in [6, 6.07) is 8.31. The largest absolute Gasteiger partial charge is 0.456 e. The molecule has 0 aliphatic heterocycles. The summed E-state index contributed by atoms with van der Waals surface area (Å²) in [5, 5.41) is 0. The number of benzene rings is 1. The van der Waals surface area contributed by atoms with Crippen LogP contribution in [0.1, 0.15) is 23.2 Å². The topological polar surface area (TPSA) is 64.6 Å². The molecule has 0 saturated carbocycles. The Morgan fingerprint density at radius 1 is 1.14 bits per heavy atom. The van der Waals surface area contributed by atoms with Gasteiger partial charge in [0, 0.05) is 12.0 Å². The van der Waals surface area contributed by atoms with Gasteiger partial charge in [-0.05, 0) is 18.6 Å². The molecule has 0 aromatic heterocycles. The molecule has 0 fully saturated rings. The van der Waals surface area contributed by atoms with E-state index in [-0.39, 0.29) is 19.4 Å². The first-order valence-electron chi connectivity index (χ1n) is 6.08.